The van der Waals surface area contributed by atoms with Crippen molar-refractivity contribution in [1.29, 1.82) is 5.26 Å². The molecule has 2 heterocycles. The van der Waals surface area contributed by atoms with Crippen LogP contribution in [-0.2, 0) is 9.84 Å². The van der Waals surface area contributed by atoms with Crippen LogP contribution in [-0.4, -0.2) is 30.9 Å². The third-order valence-electron chi connectivity index (χ3n) is 2.71. The van der Waals surface area contributed by atoms with Crippen molar-refractivity contribution in [2.75, 3.05) is 16.8 Å². The Morgan fingerprint density at radius 2 is 2.29 bits per heavy atom. The van der Waals surface area contributed by atoms with Gasteiger partial charge in [-0.05, 0) is 25.0 Å². The summed E-state index contributed by atoms with van der Waals surface area (Å²) in [5, 5.41) is 11.7. The average Bonchev–Trinajstić information content (AvgIpc) is 2.29. The molecule has 5 nitrogen and oxygen atoms in total. The Kier molecular flexibility index (Phi) is 3.29. The van der Waals surface area contributed by atoms with Gasteiger partial charge in [-0.15, -0.1) is 0 Å². The molecule has 1 saturated heterocycles. The third-order valence-corrected chi connectivity index (χ3v) is 4.53. The van der Waals surface area contributed by atoms with Gasteiger partial charge in [0.25, 0.3) is 0 Å². The zero-order chi connectivity index (χ0) is 12.3. The maximum absolute atomic E-state index is 11.5. The number of hydrogen-bond donors (Lipinski definition) is 1. The summed E-state index contributed by atoms with van der Waals surface area (Å²) in [6, 6.07) is 5.24. The summed E-state index contributed by atoms with van der Waals surface area (Å²) in [5.74, 6) is 0.462. The molecule has 1 atom stereocenters. The fourth-order valence-corrected chi connectivity index (χ4v) is 3.55. The van der Waals surface area contributed by atoms with Gasteiger partial charge in [-0.2, -0.15) is 5.26 Å². The van der Waals surface area contributed by atoms with Crippen LogP contribution in [0.25, 0.3) is 0 Å². The number of nitriles is 1. The Labute approximate surface area is 100 Å². The molecule has 1 N–H and O–H groups in total. The number of aromatic nitrogens is 1. The average molecular weight is 251 g/mol. The Hall–Kier alpha value is -1.61. The lowest BCUT2D eigenvalue weighted by molar-refractivity contribution is 0.562. The highest BCUT2D eigenvalue weighted by atomic mass is 32.2. The minimum absolute atomic E-state index is 0.0523. The molecule has 1 fully saturated rings. The molecule has 0 saturated carbocycles. The topological polar surface area (TPSA) is 82.9 Å². The quantitative estimate of drug-likeness (QED) is 0.845. The fraction of sp³-hybridized carbons (Fsp3) is 0.455. The Balaban J connectivity index is 2.03. The van der Waals surface area contributed by atoms with E-state index in [2.05, 4.69) is 10.3 Å². The molecule has 17 heavy (non-hydrogen) atoms. The van der Waals surface area contributed by atoms with Crippen LogP contribution in [0, 0.1) is 11.3 Å². The van der Waals surface area contributed by atoms with E-state index in [-0.39, 0.29) is 17.5 Å². The first kappa shape index (κ1) is 11.9. The van der Waals surface area contributed by atoms with Gasteiger partial charge in [0, 0.05) is 6.04 Å². The van der Waals surface area contributed by atoms with Crippen LogP contribution in [0.4, 0.5) is 5.69 Å². The predicted octanol–water partition coefficient (Wildman–Crippen LogP) is 0.942. The highest BCUT2D eigenvalue weighted by Gasteiger charge is 2.24. The van der Waals surface area contributed by atoms with Crippen LogP contribution in [0.1, 0.15) is 18.5 Å². The minimum atomic E-state index is -2.90. The fourth-order valence-electron chi connectivity index (χ4n) is 1.92. The smallest absolute Gasteiger partial charge is 0.152 e. The lowest BCUT2D eigenvalue weighted by Crippen LogP contribution is -2.34. The molecule has 1 aliphatic rings. The van der Waals surface area contributed by atoms with E-state index >= 15 is 0 Å². The highest BCUT2D eigenvalue weighted by molar-refractivity contribution is 7.91. The van der Waals surface area contributed by atoms with E-state index in [1.165, 1.54) is 0 Å². The van der Waals surface area contributed by atoms with Crippen molar-refractivity contribution in [3.8, 4) is 6.07 Å². The van der Waals surface area contributed by atoms with Gasteiger partial charge < -0.3 is 5.32 Å². The molecule has 1 aliphatic heterocycles. The maximum atomic E-state index is 11.5. The van der Waals surface area contributed by atoms with Crippen molar-refractivity contribution in [3.05, 3.63) is 24.0 Å². The molecule has 0 amide bonds. The number of nitrogens with zero attached hydrogens (tertiary/aromatic N) is 2. The van der Waals surface area contributed by atoms with E-state index in [4.69, 9.17) is 5.26 Å². The van der Waals surface area contributed by atoms with Crippen LogP contribution in [0.3, 0.4) is 0 Å². The van der Waals surface area contributed by atoms with E-state index in [1.54, 1.807) is 18.3 Å². The van der Waals surface area contributed by atoms with Crippen molar-refractivity contribution >= 4 is 15.5 Å². The molecule has 1 unspecified atom stereocenters. The van der Waals surface area contributed by atoms with Crippen LogP contribution in [0.2, 0.25) is 0 Å². The third kappa shape index (κ3) is 3.17. The molecule has 0 bridgehead atoms. The Morgan fingerprint density at radius 1 is 1.47 bits per heavy atom. The van der Waals surface area contributed by atoms with Gasteiger partial charge in [0.05, 0.1) is 23.4 Å². The molecule has 6 heteroatoms. The molecular weight excluding hydrogens is 238 g/mol. The van der Waals surface area contributed by atoms with E-state index in [9.17, 15) is 8.42 Å². The lowest BCUT2D eigenvalue weighted by atomic mass is 10.2. The molecular formula is C11H13N3O2S. The number of rotatable bonds is 2. The van der Waals surface area contributed by atoms with Crippen LogP contribution in [0.5, 0.6) is 0 Å². The normalized spacial score (nSPS) is 22.6. The molecule has 90 valence electrons. The molecule has 1 aromatic heterocycles. The van der Waals surface area contributed by atoms with Gasteiger partial charge in [-0.25, -0.2) is 13.4 Å². The maximum Gasteiger partial charge on any atom is 0.152 e. The molecule has 2 rings (SSSR count). The first-order chi connectivity index (χ1) is 8.09. The zero-order valence-electron chi connectivity index (χ0n) is 9.26. The van der Waals surface area contributed by atoms with Gasteiger partial charge in [0.1, 0.15) is 11.8 Å². The van der Waals surface area contributed by atoms with E-state index in [0.717, 1.165) is 12.1 Å². The predicted molar refractivity (Wildman–Crippen MR) is 64.3 cm³/mol. The Bertz CT molecular complexity index is 531. The van der Waals surface area contributed by atoms with Crippen LogP contribution in [0.15, 0.2) is 18.3 Å². The second kappa shape index (κ2) is 4.72. The summed E-state index contributed by atoms with van der Waals surface area (Å²) >= 11 is 0. The largest absolute Gasteiger partial charge is 0.380 e. The second-order valence-corrected chi connectivity index (χ2v) is 6.37. The molecule has 0 aliphatic carbocycles. The molecule has 0 radical (unpaired) electrons. The monoisotopic (exact) mass is 251 g/mol. The molecule has 0 spiro atoms. The number of anilines is 1. The minimum Gasteiger partial charge on any atom is -0.380 e. The number of sulfone groups is 1. The summed E-state index contributed by atoms with van der Waals surface area (Å²) in [6.45, 7) is 0. The van der Waals surface area contributed by atoms with Gasteiger partial charge in [0.15, 0.2) is 9.84 Å². The molecule has 0 aromatic carbocycles. The number of pyridine rings is 1. The SMILES string of the molecule is N#Cc1ccc(NC2CCCS(=O)(=O)C2)cn1. The van der Waals surface area contributed by atoms with Crippen LogP contribution >= 0.6 is 0 Å². The van der Waals surface area contributed by atoms with E-state index < -0.39 is 9.84 Å². The van der Waals surface area contributed by atoms with Gasteiger partial charge in [0.2, 0.25) is 0 Å². The zero-order valence-corrected chi connectivity index (χ0v) is 10.1. The second-order valence-electron chi connectivity index (χ2n) is 4.14. The first-order valence-corrected chi connectivity index (χ1v) is 7.24. The van der Waals surface area contributed by atoms with Crippen molar-refractivity contribution in [3.63, 3.8) is 0 Å². The standard InChI is InChI=1S/C11H13N3O2S/c12-6-9-3-4-10(7-13-9)14-11-2-1-5-17(15,16)8-11/h3-4,7,11,14H,1-2,5,8H2. The number of hydrogen-bond acceptors (Lipinski definition) is 5. The summed E-state index contributed by atoms with van der Waals surface area (Å²) in [5.41, 5.74) is 1.11. The van der Waals surface area contributed by atoms with Crippen molar-refractivity contribution in [2.24, 2.45) is 0 Å². The Morgan fingerprint density at radius 3 is 2.88 bits per heavy atom. The van der Waals surface area contributed by atoms with E-state index in [1.807, 2.05) is 6.07 Å². The summed E-state index contributed by atoms with van der Waals surface area (Å²) in [7, 11) is -2.90. The van der Waals surface area contributed by atoms with Crippen molar-refractivity contribution < 1.29 is 8.42 Å². The van der Waals surface area contributed by atoms with Crippen molar-refractivity contribution in [2.45, 2.75) is 18.9 Å². The van der Waals surface area contributed by atoms with Crippen LogP contribution < -0.4 is 5.32 Å². The molecule has 1 aromatic rings. The highest BCUT2D eigenvalue weighted by Crippen LogP contribution is 2.17. The van der Waals surface area contributed by atoms with Gasteiger partial charge in [-0.1, -0.05) is 0 Å². The summed E-state index contributed by atoms with van der Waals surface area (Å²) in [4.78, 5) is 3.93. The van der Waals surface area contributed by atoms with Crippen molar-refractivity contribution in [1.82, 2.24) is 4.98 Å². The van der Waals surface area contributed by atoms with Gasteiger partial charge in [-0.3, -0.25) is 0 Å². The van der Waals surface area contributed by atoms with Gasteiger partial charge >= 0.3 is 0 Å². The summed E-state index contributed by atoms with van der Waals surface area (Å²) in [6.07, 6.45) is 3.10. The summed E-state index contributed by atoms with van der Waals surface area (Å²) < 4.78 is 22.9. The van der Waals surface area contributed by atoms with E-state index in [0.29, 0.717) is 12.1 Å². The lowest BCUT2D eigenvalue weighted by Gasteiger charge is -2.23. The first-order valence-electron chi connectivity index (χ1n) is 5.42. The number of nitrogens with one attached hydrogen (secondary N) is 1.